The van der Waals surface area contributed by atoms with Crippen LogP contribution in [0.5, 0.6) is 0 Å². The molecule has 1 atom stereocenters. The molecule has 1 saturated carbocycles. The number of hydrogen-bond acceptors (Lipinski definition) is 0. The standard InChI is InChI=1S/C20H23Cl/c21-20(15-17-8-4-5-9-17)19-12-10-18(11-13-19)14-16-6-2-1-3-7-16/h1-3,6-7,10-13,17,20H,4-5,8-9,14-15H2. The summed E-state index contributed by atoms with van der Waals surface area (Å²) in [6.45, 7) is 0. The van der Waals surface area contributed by atoms with Gasteiger partial charge in [-0.15, -0.1) is 11.6 Å². The topological polar surface area (TPSA) is 0 Å². The third-order valence-corrected chi connectivity index (χ3v) is 5.04. The minimum atomic E-state index is 0.180. The fourth-order valence-corrected chi connectivity index (χ4v) is 3.75. The van der Waals surface area contributed by atoms with Gasteiger partial charge < -0.3 is 0 Å². The molecule has 3 rings (SSSR count). The molecule has 2 aromatic carbocycles. The van der Waals surface area contributed by atoms with Crippen molar-refractivity contribution in [3.63, 3.8) is 0 Å². The van der Waals surface area contributed by atoms with Gasteiger partial charge in [0.1, 0.15) is 0 Å². The van der Waals surface area contributed by atoms with Gasteiger partial charge in [-0.3, -0.25) is 0 Å². The molecule has 21 heavy (non-hydrogen) atoms. The first-order chi connectivity index (χ1) is 10.3. The van der Waals surface area contributed by atoms with Crippen molar-refractivity contribution >= 4 is 11.6 Å². The highest BCUT2D eigenvalue weighted by Gasteiger charge is 2.19. The summed E-state index contributed by atoms with van der Waals surface area (Å²) in [5.74, 6) is 0.844. The van der Waals surface area contributed by atoms with Crippen molar-refractivity contribution in [3.05, 3.63) is 71.3 Å². The molecule has 0 aromatic heterocycles. The molecule has 0 aliphatic heterocycles. The summed E-state index contributed by atoms with van der Waals surface area (Å²) < 4.78 is 0. The van der Waals surface area contributed by atoms with Crippen LogP contribution in [0.3, 0.4) is 0 Å². The Morgan fingerprint density at radius 1 is 0.857 bits per heavy atom. The largest absolute Gasteiger partial charge is 0.118 e. The van der Waals surface area contributed by atoms with Crippen LogP contribution in [0, 0.1) is 5.92 Å². The molecule has 0 heterocycles. The van der Waals surface area contributed by atoms with Gasteiger partial charge in [-0.1, -0.05) is 80.3 Å². The molecule has 0 radical (unpaired) electrons. The van der Waals surface area contributed by atoms with Gasteiger partial charge in [0.05, 0.1) is 5.38 Å². The van der Waals surface area contributed by atoms with Gasteiger partial charge in [0.25, 0.3) is 0 Å². The maximum absolute atomic E-state index is 6.60. The Morgan fingerprint density at radius 2 is 1.48 bits per heavy atom. The van der Waals surface area contributed by atoms with E-state index in [0.717, 1.165) is 18.8 Å². The van der Waals surface area contributed by atoms with E-state index in [1.54, 1.807) is 0 Å². The molecule has 1 heteroatoms. The SMILES string of the molecule is ClC(CC1CCCC1)c1ccc(Cc2ccccc2)cc1. The molecule has 1 aliphatic carbocycles. The third kappa shape index (κ3) is 4.11. The van der Waals surface area contributed by atoms with Crippen LogP contribution in [-0.2, 0) is 6.42 Å². The molecule has 1 unspecified atom stereocenters. The minimum Gasteiger partial charge on any atom is -0.118 e. The van der Waals surface area contributed by atoms with Crippen molar-refractivity contribution in [2.24, 2.45) is 5.92 Å². The van der Waals surface area contributed by atoms with Gasteiger partial charge in [0.2, 0.25) is 0 Å². The number of benzene rings is 2. The average Bonchev–Trinajstić information content (AvgIpc) is 3.02. The summed E-state index contributed by atoms with van der Waals surface area (Å²) in [5.41, 5.74) is 3.99. The highest BCUT2D eigenvalue weighted by Crippen LogP contribution is 2.36. The summed E-state index contributed by atoms with van der Waals surface area (Å²) in [6.07, 6.45) is 7.66. The molecule has 2 aromatic rings. The summed E-state index contributed by atoms with van der Waals surface area (Å²) in [4.78, 5) is 0. The first-order valence-electron chi connectivity index (χ1n) is 8.08. The summed E-state index contributed by atoms with van der Waals surface area (Å²) in [7, 11) is 0. The lowest BCUT2D eigenvalue weighted by atomic mass is 9.96. The zero-order valence-corrected chi connectivity index (χ0v) is 13.2. The van der Waals surface area contributed by atoms with Crippen LogP contribution >= 0.6 is 11.6 Å². The molecule has 0 nitrogen and oxygen atoms in total. The fourth-order valence-electron chi connectivity index (χ4n) is 3.35. The highest BCUT2D eigenvalue weighted by atomic mass is 35.5. The van der Waals surface area contributed by atoms with Gasteiger partial charge in [-0.2, -0.15) is 0 Å². The van der Waals surface area contributed by atoms with Crippen LogP contribution in [0.4, 0.5) is 0 Å². The smallest absolute Gasteiger partial charge is 0.0587 e. The van der Waals surface area contributed by atoms with Gasteiger partial charge in [-0.25, -0.2) is 0 Å². The molecule has 0 spiro atoms. The van der Waals surface area contributed by atoms with E-state index >= 15 is 0 Å². The Hall–Kier alpha value is -1.27. The van der Waals surface area contributed by atoms with Gasteiger partial charge >= 0.3 is 0 Å². The molecular weight excluding hydrogens is 276 g/mol. The van der Waals surface area contributed by atoms with E-state index < -0.39 is 0 Å². The lowest BCUT2D eigenvalue weighted by molar-refractivity contribution is 0.496. The van der Waals surface area contributed by atoms with Crippen molar-refractivity contribution < 1.29 is 0 Å². The van der Waals surface area contributed by atoms with Crippen LogP contribution in [0.15, 0.2) is 54.6 Å². The van der Waals surface area contributed by atoms with Crippen LogP contribution < -0.4 is 0 Å². The molecule has 0 N–H and O–H groups in total. The lowest BCUT2D eigenvalue weighted by Crippen LogP contribution is -2.00. The number of halogens is 1. The summed E-state index contributed by atoms with van der Waals surface area (Å²) in [6, 6.07) is 19.5. The Bertz CT molecular complexity index is 538. The Labute approximate surface area is 133 Å². The molecule has 110 valence electrons. The minimum absolute atomic E-state index is 0.180. The zero-order chi connectivity index (χ0) is 14.5. The maximum Gasteiger partial charge on any atom is 0.0587 e. The lowest BCUT2D eigenvalue weighted by Gasteiger charge is -2.15. The second kappa shape index (κ2) is 7.13. The van der Waals surface area contributed by atoms with Crippen molar-refractivity contribution in [1.82, 2.24) is 0 Å². The number of hydrogen-bond donors (Lipinski definition) is 0. The number of rotatable bonds is 5. The Balaban J connectivity index is 1.60. The third-order valence-electron chi connectivity index (χ3n) is 4.61. The monoisotopic (exact) mass is 298 g/mol. The van der Waals surface area contributed by atoms with Gasteiger partial charge in [0, 0.05) is 0 Å². The molecule has 0 amide bonds. The zero-order valence-electron chi connectivity index (χ0n) is 12.5. The van der Waals surface area contributed by atoms with E-state index in [0.29, 0.717) is 0 Å². The molecule has 0 saturated heterocycles. The number of alkyl halides is 1. The maximum atomic E-state index is 6.60. The fraction of sp³-hybridized carbons (Fsp3) is 0.400. The van der Waals surface area contributed by atoms with E-state index in [1.807, 2.05) is 0 Å². The van der Waals surface area contributed by atoms with Crippen LogP contribution in [0.2, 0.25) is 0 Å². The predicted molar refractivity (Wildman–Crippen MR) is 90.9 cm³/mol. The average molecular weight is 299 g/mol. The molecule has 1 aliphatic rings. The second-order valence-corrected chi connectivity index (χ2v) is 6.78. The van der Waals surface area contributed by atoms with Gasteiger partial charge in [-0.05, 0) is 35.4 Å². The Kier molecular flexibility index (Phi) is 4.98. The Morgan fingerprint density at radius 3 is 2.14 bits per heavy atom. The second-order valence-electron chi connectivity index (χ2n) is 6.26. The molecule has 0 bridgehead atoms. The van der Waals surface area contributed by atoms with Gasteiger partial charge in [0.15, 0.2) is 0 Å². The van der Waals surface area contributed by atoms with Crippen LogP contribution in [-0.4, -0.2) is 0 Å². The van der Waals surface area contributed by atoms with Crippen molar-refractivity contribution in [2.75, 3.05) is 0 Å². The quantitative estimate of drug-likeness (QED) is 0.582. The van der Waals surface area contributed by atoms with E-state index in [2.05, 4.69) is 54.6 Å². The van der Waals surface area contributed by atoms with Crippen molar-refractivity contribution in [3.8, 4) is 0 Å². The van der Waals surface area contributed by atoms with E-state index in [-0.39, 0.29) is 5.38 Å². The normalized spacial score (nSPS) is 17.0. The van der Waals surface area contributed by atoms with Crippen molar-refractivity contribution in [1.29, 1.82) is 0 Å². The molecule has 1 fully saturated rings. The predicted octanol–water partition coefficient (Wildman–Crippen LogP) is 6.14. The first kappa shape index (κ1) is 14.7. The van der Waals surface area contributed by atoms with E-state index in [9.17, 15) is 0 Å². The highest BCUT2D eigenvalue weighted by molar-refractivity contribution is 6.20. The van der Waals surface area contributed by atoms with Crippen molar-refractivity contribution in [2.45, 2.75) is 43.9 Å². The first-order valence-corrected chi connectivity index (χ1v) is 8.52. The van der Waals surface area contributed by atoms with E-state index in [1.165, 1.54) is 42.4 Å². The molecular formula is C20H23Cl. The van der Waals surface area contributed by atoms with Crippen LogP contribution in [0.1, 0.15) is 54.2 Å². The van der Waals surface area contributed by atoms with E-state index in [4.69, 9.17) is 11.6 Å². The summed E-state index contributed by atoms with van der Waals surface area (Å²) >= 11 is 6.60. The van der Waals surface area contributed by atoms with Crippen LogP contribution in [0.25, 0.3) is 0 Å². The summed E-state index contributed by atoms with van der Waals surface area (Å²) in [5, 5.41) is 0.180.